The number of hydrogen-bond acceptors (Lipinski definition) is 6. The molecule has 4 aromatic rings. The summed E-state index contributed by atoms with van der Waals surface area (Å²) >= 11 is 6.22. The maximum absolute atomic E-state index is 12.8. The molecule has 26 heavy (non-hydrogen) atoms. The lowest BCUT2D eigenvalue weighted by Crippen LogP contribution is -2.32. The first-order chi connectivity index (χ1) is 12.3. The number of imidazole rings is 1. The molecule has 4 rings (SSSR count). The third-order valence-electron chi connectivity index (χ3n) is 4.51. The Morgan fingerprint density at radius 3 is 2.85 bits per heavy atom. The van der Waals surface area contributed by atoms with Gasteiger partial charge < -0.3 is 14.5 Å². The number of nitrogens with zero attached hydrogens (tertiary/aromatic N) is 5. The van der Waals surface area contributed by atoms with Crippen LogP contribution in [0.25, 0.3) is 28.1 Å². The first kappa shape index (κ1) is 16.7. The van der Waals surface area contributed by atoms with Gasteiger partial charge in [0.1, 0.15) is 33.7 Å². The van der Waals surface area contributed by atoms with Crippen molar-refractivity contribution in [2.75, 3.05) is 7.11 Å². The van der Waals surface area contributed by atoms with E-state index in [0.29, 0.717) is 38.9 Å². The van der Waals surface area contributed by atoms with Crippen molar-refractivity contribution >= 4 is 28.2 Å². The number of rotatable bonds is 3. The Hall–Kier alpha value is -2.71. The molecular weight excluding hydrogens is 358 g/mol. The van der Waals surface area contributed by atoms with Crippen molar-refractivity contribution in [1.82, 2.24) is 19.5 Å². The van der Waals surface area contributed by atoms with Crippen LogP contribution in [0.4, 0.5) is 0 Å². The SMILES string of the molecule is COC(C)(C)c1nc(-c2ncn3c2c(C)[n+]([O-])c2c(Cl)cccc23)no1. The fourth-order valence-corrected chi connectivity index (χ4v) is 3.10. The zero-order valence-electron chi connectivity index (χ0n) is 14.6. The summed E-state index contributed by atoms with van der Waals surface area (Å²) in [6, 6.07) is 5.27. The molecule has 0 aliphatic rings. The summed E-state index contributed by atoms with van der Waals surface area (Å²) in [6.45, 7) is 5.35. The summed E-state index contributed by atoms with van der Waals surface area (Å²) in [5.74, 6) is 0.615. The number of aromatic nitrogens is 5. The van der Waals surface area contributed by atoms with E-state index >= 15 is 0 Å². The highest BCUT2D eigenvalue weighted by atomic mass is 35.5. The Labute approximate surface area is 153 Å². The molecule has 0 fully saturated rings. The highest BCUT2D eigenvalue weighted by Gasteiger charge is 2.29. The third-order valence-corrected chi connectivity index (χ3v) is 4.81. The molecule has 0 aliphatic carbocycles. The predicted octanol–water partition coefficient (Wildman–Crippen LogP) is 3.01. The van der Waals surface area contributed by atoms with E-state index in [-0.39, 0.29) is 5.82 Å². The lowest BCUT2D eigenvalue weighted by atomic mass is 10.1. The maximum atomic E-state index is 12.8. The Morgan fingerprint density at radius 1 is 1.35 bits per heavy atom. The number of ether oxygens (including phenoxy) is 1. The summed E-state index contributed by atoms with van der Waals surface area (Å²) in [7, 11) is 1.57. The number of methoxy groups -OCH3 is 1. The van der Waals surface area contributed by atoms with Crippen LogP contribution in [-0.2, 0) is 10.3 Å². The second-order valence-corrected chi connectivity index (χ2v) is 6.84. The molecule has 134 valence electrons. The van der Waals surface area contributed by atoms with Gasteiger partial charge in [-0.1, -0.05) is 22.8 Å². The summed E-state index contributed by atoms with van der Waals surface area (Å²) in [6.07, 6.45) is 1.62. The van der Waals surface area contributed by atoms with E-state index in [0.717, 1.165) is 4.73 Å². The van der Waals surface area contributed by atoms with Crippen molar-refractivity contribution in [3.05, 3.63) is 46.3 Å². The average Bonchev–Trinajstić information content (AvgIpc) is 3.26. The van der Waals surface area contributed by atoms with Gasteiger partial charge in [-0.15, -0.1) is 0 Å². The first-order valence-corrected chi connectivity index (χ1v) is 8.30. The Morgan fingerprint density at radius 2 is 2.12 bits per heavy atom. The number of para-hydroxylation sites is 1. The van der Waals surface area contributed by atoms with Crippen LogP contribution < -0.4 is 4.73 Å². The van der Waals surface area contributed by atoms with E-state index in [1.807, 2.05) is 19.9 Å². The molecule has 0 unspecified atom stereocenters. The molecule has 0 saturated carbocycles. The summed E-state index contributed by atoms with van der Waals surface area (Å²) in [5, 5.41) is 17.2. The molecule has 0 N–H and O–H groups in total. The standard InChI is InChI=1S/C17H16ClN5O3/c1-9-13-12(15-20-16(26-21-15)17(2,3)25-4)19-8-22(13)11-7-5-6-10(18)14(11)23(9)24/h5-8H,1-4H3. The van der Waals surface area contributed by atoms with Crippen molar-refractivity contribution in [3.63, 3.8) is 0 Å². The summed E-state index contributed by atoms with van der Waals surface area (Å²) < 4.78 is 13.3. The van der Waals surface area contributed by atoms with E-state index in [1.54, 1.807) is 36.9 Å². The number of fused-ring (bicyclic) bond motifs is 3. The van der Waals surface area contributed by atoms with Crippen LogP contribution in [0.5, 0.6) is 0 Å². The molecule has 1 aromatic carbocycles. The van der Waals surface area contributed by atoms with Gasteiger partial charge in [0.2, 0.25) is 11.5 Å². The van der Waals surface area contributed by atoms with Crippen molar-refractivity contribution < 1.29 is 14.0 Å². The van der Waals surface area contributed by atoms with Crippen molar-refractivity contribution in [3.8, 4) is 11.5 Å². The molecule has 3 aromatic heterocycles. The molecule has 0 bridgehead atoms. The minimum Gasteiger partial charge on any atom is -0.618 e. The van der Waals surface area contributed by atoms with Gasteiger partial charge in [0.15, 0.2) is 0 Å². The fourth-order valence-electron chi connectivity index (χ4n) is 2.86. The molecule has 0 atom stereocenters. The van der Waals surface area contributed by atoms with Gasteiger partial charge in [0, 0.05) is 14.0 Å². The Bertz CT molecular complexity index is 1150. The Kier molecular flexibility index (Phi) is 3.64. The lowest BCUT2D eigenvalue weighted by molar-refractivity contribution is -0.583. The largest absolute Gasteiger partial charge is 0.618 e. The van der Waals surface area contributed by atoms with Crippen LogP contribution in [0.2, 0.25) is 5.02 Å². The van der Waals surface area contributed by atoms with Crippen molar-refractivity contribution in [2.45, 2.75) is 26.4 Å². The molecular formula is C17H16ClN5O3. The molecule has 8 nitrogen and oxygen atoms in total. The third kappa shape index (κ3) is 2.26. The number of halogens is 1. The van der Waals surface area contributed by atoms with Crippen LogP contribution in [0.1, 0.15) is 25.4 Å². The number of aryl methyl sites for hydroxylation is 1. The average molecular weight is 374 g/mol. The number of benzene rings is 1. The molecule has 0 saturated heterocycles. The van der Waals surface area contributed by atoms with Crippen LogP contribution in [0.15, 0.2) is 29.0 Å². The van der Waals surface area contributed by atoms with Gasteiger partial charge in [0.05, 0.1) is 0 Å². The van der Waals surface area contributed by atoms with Crippen LogP contribution >= 0.6 is 11.6 Å². The monoisotopic (exact) mass is 373 g/mol. The zero-order chi connectivity index (χ0) is 18.6. The fraction of sp³-hybridized carbons (Fsp3) is 0.294. The van der Waals surface area contributed by atoms with Crippen molar-refractivity contribution in [1.29, 1.82) is 0 Å². The van der Waals surface area contributed by atoms with Crippen LogP contribution in [0.3, 0.4) is 0 Å². The van der Waals surface area contributed by atoms with Gasteiger partial charge in [-0.25, -0.2) is 4.98 Å². The van der Waals surface area contributed by atoms with Gasteiger partial charge >= 0.3 is 0 Å². The second kappa shape index (κ2) is 5.65. The smallest absolute Gasteiger partial charge is 0.259 e. The molecule has 9 heteroatoms. The van der Waals surface area contributed by atoms with Gasteiger partial charge in [0.25, 0.3) is 11.4 Å². The van der Waals surface area contributed by atoms with Crippen LogP contribution in [0, 0.1) is 12.1 Å². The van der Waals surface area contributed by atoms with E-state index in [2.05, 4.69) is 15.1 Å². The molecule has 3 heterocycles. The zero-order valence-corrected chi connectivity index (χ0v) is 15.4. The van der Waals surface area contributed by atoms with E-state index in [4.69, 9.17) is 20.9 Å². The predicted molar refractivity (Wildman–Crippen MR) is 94.7 cm³/mol. The minimum absolute atomic E-state index is 0.289. The second-order valence-electron chi connectivity index (χ2n) is 6.44. The molecule has 0 amide bonds. The summed E-state index contributed by atoms with van der Waals surface area (Å²) in [5.41, 5.74) is 1.79. The normalized spacial score (nSPS) is 12.3. The highest BCUT2D eigenvalue weighted by Crippen LogP contribution is 2.29. The number of hydrogen-bond donors (Lipinski definition) is 0. The topological polar surface area (TPSA) is 92.4 Å². The van der Waals surface area contributed by atoms with Crippen molar-refractivity contribution in [2.24, 2.45) is 0 Å². The van der Waals surface area contributed by atoms with E-state index in [1.165, 1.54) is 0 Å². The highest BCUT2D eigenvalue weighted by molar-refractivity contribution is 6.34. The lowest BCUT2D eigenvalue weighted by Gasteiger charge is -2.16. The van der Waals surface area contributed by atoms with Gasteiger partial charge in [-0.3, -0.25) is 4.40 Å². The molecule has 0 spiro atoms. The van der Waals surface area contributed by atoms with Gasteiger partial charge in [-0.05, 0) is 26.0 Å². The quantitative estimate of drug-likeness (QED) is 0.405. The van der Waals surface area contributed by atoms with E-state index in [9.17, 15) is 5.21 Å². The van der Waals surface area contributed by atoms with E-state index < -0.39 is 5.60 Å². The maximum Gasteiger partial charge on any atom is 0.259 e. The van der Waals surface area contributed by atoms with Crippen LogP contribution in [-0.4, -0.2) is 26.6 Å². The first-order valence-electron chi connectivity index (χ1n) is 7.92. The Balaban J connectivity index is 2.01. The minimum atomic E-state index is -0.728. The van der Waals surface area contributed by atoms with Gasteiger partial charge in [-0.2, -0.15) is 9.71 Å². The molecule has 0 aliphatic heterocycles. The summed E-state index contributed by atoms with van der Waals surface area (Å²) in [4.78, 5) is 8.81. The molecule has 0 radical (unpaired) electrons.